The monoisotopic (exact) mass is 195 g/mol. The maximum Gasteiger partial charge on any atom is 0.332 e. The molecule has 0 aromatic rings. The largest absolute Gasteiger partial charge is 0.478 e. The Morgan fingerprint density at radius 2 is 2.36 bits per heavy atom. The van der Waals surface area contributed by atoms with E-state index < -0.39 is 5.97 Å². The van der Waals surface area contributed by atoms with Crippen LogP contribution in [0.3, 0.4) is 0 Å². The predicted molar refractivity (Wildman–Crippen MR) is 51.7 cm³/mol. The van der Waals surface area contributed by atoms with Crippen LogP contribution >= 0.6 is 0 Å². The van der Waals surface area contributed by atoms with Crippen LogP contribution in [0.4, 0.5) is 0 Å². The molecule has 1 N–H and O–H groups in total. The van der Waals surface area contributed by atoms with Gasteiger partial charge in [-0.15, -0.1) is 6.58 Å². The molecule has 0 spiro atoms. The fraction of sp³-hybridized carbons (Fsp3) is 0.400. The first-order chi connectivity index (χ1) is 6.56. The summed E-state index contributed by atoms with van der Waals surface area (Å²) in [4.78, 5) is 23.5. The Morgan fingerprint density at radius 3 is 2.79 bits per heavy atom. The summed E-state index contributed by atoms with van der Waals surface area (Å²) in [6, 6.07) is 0. The van der Waals surface area contributed by atoms with Gasteiger partial charge in [-0.2, -0.15) is 0 Å². The first-order valence-electron chi connectivity index (χ1n) is 4.38. The fourth-order valence-corrected chi connectivity index (χ4v) is 1.44. The summed E-state index contributed by atoms with van der Waals surface area (Å²) in [7, 11) is 0. The van der Waals surface area contributed by atoms with Crippen molar-refractivity contribution in [2.75, 3.05) is 13.1 Å². The van der Waals surface area contributed by atoms with Gasteiger partial charge in [-0.25, -0.2) is 4.79 Å². The number of amides is 1. The standard InChI is InChI=1S/C10H13NO3/c1-3-8-4-5-11(9(8)12)6-7(2)10(13)14/h3,8H,1-2,4-6H2,(H,13,14). The number of rotatable bonds is 4. The van der Waals surface area contributed by atoms with Crippen molar-refractivity contribution in [2.24, 2.45) is 5.92 Å². The molecule has 0 radical (unpaired) electrons. The average Bonchev–Trinajstić information content (AvgIpc) is 2.47. The third-order valence-electron chi connectivity index (χ3n) is 2.31. The highest BCUT2D eigenvalue weighted by Gasteiger charge is 2.29. The van der Waals surface area contributed by atoms with E-state index in [4.69, 9.17) is 5.11 Å². The van der Waals surface area contributed by atoms with Crippen molar-refractivity contribution in [2.45, 2.75) is 6.42 Å². The van der Waals surface area contributed by atoms with E-state index in [1.54, 1.807) is 6.08 Å². The van der Waals surface area contributed by atoms with Crippen LogP contribution in [0.1, 0.15) is 6.42 Å². The molecule has 0 bridgehead atoms. The maximum absolute atomic E-state index is 11.5. The van der Waals surface area contributed by atoms with Gasteiger partial charge in [0.2, 0.25) is 5.91 Å². The van der Waals surface area contributed by atoms with E-state index in [0.29, 0.717) is 6.54 Å². The first-order valence-corrected chi connectivity index (χ1v) is 4.38. The van der Waals surface area contributed by atoms with Crippen molar-refractivity contribution in [3.8, 4) is 0 Å². The molecule has 1 unspecified atom stereocenters. The zero-order valence-electron chi connectivity index (χ0n) is 7.90. The lowest BCUT2D eigenvalue weighted by Gasteiger charge is -2.15. The van der Waals surface area contributed by atoms with Gasteiger partial charge in [0.25, 0.3) is 0 Å². The Balaban J connectivity index is 2.56. The predicted octanol–water partition coefficient (Wildman–Crippen LogP) is 0.662. The summed E-state index contributed by atoms with van der Waals surface area (Å²) in [5, 5.41) is 8.59. The van der Waals surface area contributed by atoms with Gasteiger partial charge >= 0.3 is 5.97 Å². The van der Waals surface area contributed by atoms with Crippen molar-refractivity contribution in [3.05, 3.63) is 24.8 Å². The average molecular weight is 195 g/mol. The Labute approximate surface area is 82.5 Å². The molecule has 4 heteroatoms. The number of carboxylic acid groups (broad SMARTS) is 1. The third-order valence-corrected chi connectivity index (χ3v) is 2.31. The van der Waals surface area contributed by atoms with E-state index in [9.17, 15) is 9.59 Å². The summed E-state index contributed by atoms with van der Waals surface area (Å²) < 4.78 is 0. The van der Waals surface area contributed by atoms with E-state index in [2.05, 4.69) is 13.2 Å². The minimum absolute atomic E-state index is 0.0445. The minimum atomic E-state index is -1.06. The second kappa shape index (κ2) is 4.09. The SMILES string of the molecule is C=CC1CCN(CC(=C)C(=O)O)C1=O. The van der Waals surface area contributed by atoms with Gasteiger partial charge < -0.3 is 10.0 Å². The summed E-state index contributed by atoms with van der Waals surface area (Å²) in [6.07, 6.45) is 2.32. The number of carbonyl (C=O) groups excluding carboxylic acids is 1. The minimum Gasteiger partial charge on any atom is -0.478 e. The highest BCUT2D eigenvalue weighted by Crippen LogP contribution is 2.19. The van der Waals surface area contributed by atoms with Gasteiger partial charge in [0.05, 0.1) is 12.5 Å². The molecule has 1 amide bonds. The Kier molecular flexibility index (Phi) is 3.06. The van der Waals surface area contributed by atoms with Crippen molar-refractivity contribution >= 4 is 11.9 Å². The van der Waals surface area contributed by atoms with Crippen LogP contribution in [0.25, 0.3) is 0 Å². The second-order valence-corrected chi connectivity index (χ2v) is 3.30. The van der Waals surface area contributed by atoms with Gasteiger partial charge in [-0.1, -0.05) is 12.7 Å². The van der Waals surface area contributed by atoms with E-state index >= 15 is 0 Å². The van der Waals surface area contributed by atoms with Crippen LogP contribution in [0.15, 0.2) is 24.8 Å². The lowest BCUT2D eigenvalue weighted by molar-refractivity contribution is -0.133. The summed E-state index contributed by atoms with van der Waals surface area (Å²) in [6.45, 7) is 7.63. The molecular weight excluding hydrogens is 182 g/mol. The van der Waals surface area contributed by atoms with Crippen LogP contribution in [-0.2, 0) is 9.59 Å². The van der Waals surface area contributed by atoms with Crippen molar-refractivity contribution in [3.63, 3.8) is 0 Å². The van der Waals surface area contributed by atoms with Gasteiger partial charge in [-0.05, 0) is 6.42 Å². The smallest absolute Gasteiger partial charge is 0.332 e. The summed E-state index contributed by atoms with van der Waals surface area (Å²) in [5.74, 6) is -1.26. The Hall–Kier alpha value is -1.58. The van der Waals surface area contributed by atoms with Crippen LogP contribution in [0, 0.1) is 5.92 Å². The fourth-order valence-electron chi connectivity index (χ4n) is 1.44. The van der Waals surface area contributed by atoms with Gasteiger partial charge in [0, 0.05) is 12.1 Å². The van der Waals surface area contributed by atoms with Crippen LogP contribution in [0.5, 0.6) is 0 Å². The second-order valence-electron chi connectivity index (χ2n) is 3.30. The number of nitrogens with zero attached hydrogens (tertiary/aromatic N) is 1. The first kappa shape index (κ1) is 10.5. The van der Waals surface area contributed by atoms with Gasteiger partial charge in [0.1, 0.15) is 0 Å². The van der Waals surface area contributed by atoms with Crippen LogP contribution in [0.2, 0.25) is 0 Å². The molecule has 0 aromatic carbocycles. The molecule has 1 aliphatic heterocycles. The van der Waals surface area contributed by atoms with Crippen molar-refractivity contribution in [1.82, 2.24) is 4.90 Å². The molecule has 1 aliphatic rings. The third kappa shape index (κ3) is 2.02. The maximum atomic E-state index is 11.5. The quantitative estimate of drug-likeness (QED) is 0.529. The summed E-state index contributed by atoms with van der Waals surface area (Å²) in [5.41, 5.74) is 0.0445. The van der Waals surface area contributed by atoms with Crippen LogP contribution in [-0.4, -0.2) is 35.0 Å². The molecule has 0 aliphatic carbocycles. The number of hydrogen-bond donors (Lipinski definition) is 1. The molecule has 1 fully saturated rings. The molecule has 4 nitrogen and oxygen atoms in total. The Morgan fingerprint density at radius 1 is 1.71 bits per heavy atom. The molecule has 76 valence electrons. The number of hydrogen-bond acceptors (Lipinski definition) is 2. The molecule has 0 saturated carbocycles. The molecule has 1 rings (SSSR count). The number of carbonyl (C=O) groups is 2. The normalized spacial score (nSPS) is 21.0. The topological polar surface area (TPSA) is 57.6 Å². The van der Waals surface area contributed by atoms with E-state index in [1.165, 1.54) is 4.90 Å². The van der Waals surface area contributed by atoms with Gasteiger partial charge in [0.15, 0.2) is 0 Å². The number of likely N-dealkylation sites (tertiary alicyclic amines) is 1. The van der Waals surface area contributed by atoms with Crippen molar-refractivity contribution in [1.29, 1.82) is 0 Å². The molecule has 0 aromatic heterocycles. The molecule has 1 atom stereocenters. The highest BCUT2D eigenvalue weighted by atomic mass is 16.4. The number of carboxylic acids is 1. The lowest BCUT2D eigenvalue weighted by Crippen LogP contribution is -2.30. The van der Waals surface area contributed by atoms with Gasteiger partial charge in [-0.3, -0.25) is 4.79 Å². The molecular formula is C10H13NO3. The van der Waals surface area contributed by atoms with E-state index in [1.807, 2.05) is 0 Å². The van der Waals surface area contributed by atoms with Crippen molar-refractivity contribution < 1.29 is 14.7 Å². The summed E-state index contributed by atoms with van der Waals surface area (Å²) >= 11 is 0. The van der Waals surface area contributed by atoms with E-state index in [-0.39, 0.29) is 23.9 Å². The van der Waals surface area contributed by atoms with Crippen LogP contribution < -0.4 is 0 Å². The zero-order chi connectivity index (χ0) is 10.7. The lowest BCUT2D eigenvalue weighted by atomic mass is 10.1. The van der Waals surface area contributed by atoms with E-state index in [0.717, 1.165) is 6.42 Å². The molecule has 1 heterocycles. The number of aliphatic carboxylic acids is 1. The highest BCUT2D eigenvalue weighted by molar-refractivity contribution is 5.88. The molecule has 1 saturated heterocycles. The Bertz CT molecular complexity index is 296. The molecule has 14 heavy (non-hydrogen) atoms. The zero-order valence-corrected chi connectivity index (χ0v) is 7.90.